The second-order valence-electron chi connectivity index (χ2n) is 4.92. The summed E-state index contributed by atoms with van der Waals surface area (Å²) in [5, 5.41) is 5.59. The van der Waals surface area contributed by atoms with Crippen LogP contribution in [-0.2, 0) is 6.42 Å². The quantitative estimate of drug-likeness (QED) is 0.759. The fraction of sp³-hybridized carbons (Fsp3) is 0.312. The Balaban J connectivity index is 1.84. The number of thiazole rings is 1. The summed E-state index contributed by atoms with van der Waals surface area (Å²) < 4.78 is 7.40. The molecule has 0 aliphatic heterocycles. The van der Waals surface area contributed by atoms with Crippen LogP contribution in [-0.4, -0.2) is 23.0 Å². The molecule has 0 fully saturated rings. The number of likely N-dealkylation sites (N-methyl/N-ethyl adjacent to an activating group) is 1. The van der Waals surface area contributed by atoms with Gasteiger partial charge in [0.25, 0.3) is 0 Å². The van der Waals surface area contributed by atoms with Crippen molar-refractivity contribution in [1.82, 2.24) is 14.7 Å². The fourth-order valence-electron chi connectivity index (χ4n) is 2.50. The van der Waals surface area contributed by atoms with Crippen molar-refractivity contribution in [2.24, 2.45) is 0 Å². The number of imidazole rings is 1. The number of rotatable bonds is 6. The van der Waals surface area contributed by atoms with Gasteiger partial charge in [-0.05, 0) is 24.2 Å². The van der Waals surface area contributed by atoms with E-state index < -0.39 is 0 Å². The molecule has 5 heteroatoms. The summed E-state index contributed by atoms with van der Waals surface area (Å²) in [5.41, 5.74) is 2.34. The van der Waals surface area contributed by atoms with Crippen LogP contribution in [0.1, 0.15) is 24.2 Å². The first-order valence-electron chi connectivity index (χ1n) is 7.08. The molecule has 0 saturated heterocycles. The van der Waals surface area contributed by atoms with Gasteiger partial charge < -0.3 is 10.1 Å². The number of nitrogens with zero attached hydrogens (tertiary/aromatic N) is 2. The molecule has 1 unspecified atom stereocenters. The van der Waals surface area contributed by atoms with Crippen LogP contribution in [0.25, 0.3) is 4.96 Å². The van der Waals surface area contributed by atoms with Crippen molar-refractivity contribution in [1.29, 1.82) is 0 Å². The van der Waals surface area contributed by atoms with Gasteiger partial charge in [0.05, 0.1) is 12.8 Å². The lowest BCUT2D eigenvalue weighted by molar-refractivity contribution is 0.413. The minimum absolute atomic E-state index is 0.245. The first kappa shape index (κ1) is 14.1. The maximum atomic E-state index is 5.32. The molecule has 0 saturated carbocycles. The number of benzene rings is 1. The number of methoxy groups -OCH3 is 1. The van der Waals surface area contributed by atoms with Crippen molar-refractivity contribution >= 4 is 16.3 Å². The maximum Gasteiger partial charge on any atom is 0.193 e. The predicted molar refractivity (Wildman–Crippen MR) is 86.2 cm³/mol. The first-order chi connectivity index (χ1) is 10.3. The second kappa shape index (κ2) is 6.28. The molecule has 1 atom stereocenters. The van der Waals surface area contributed by atoms with E-state index in [1.54, 1.807) is 18.4 Å². The normalized spacial score (nSPS) is 12.7. The minimum atomic E-state index is 0.245. The molecule has 110 valence electrons. The largest absolute Gasteiger partial charge is 0.497 e. The summed E-state index contributed by atoms with van der Waals surface area (Å²) >= 11 is 1.66. The van der Waals surface area contributed by atoms with Crippen molar-refractivity contribution < 1.29 is 4.74 Å². The van der Waals surface area contributed by atoms with Crippen LogP contribution >= 0.6 is 11.3 Å². The molecule has 3 rings (SSSR count). The third-order valence-corrected chi connectivity index (χ3v) is 4.27. The fourth-order valence-corrected chi connectivity index (χ4v) is 3.22. The van der Waals surface area contributed by atoms with Gasteiger partial charge in [0.2, 0.25) is 0 Å². The van der Waals surface area contributed by atoms with E-state index in [0.717, 1.165) is 29.4 Å². The average molecular weight is 301 g/mol. The van der Waals surface area contributed by atoms with Crippen LogP contribution < -0.4 is 10.1 Å². The average Bonchev–Trinajstić information content (AvgIpc) is 3.08. The lowest BCUT2D eigenvalue weighted by atomic mass is 10.0. The summed E-state index contributed by atoms with van der Waals surface area (Å²) in [7, 11) is 1.70. The SMILES string of the molecule is CCNC(Cc1cn2ccsc2n1)c1cccc(OC)c1. The molecule has 0 spiro atoms. The Morgan fingerprint density at radius 1 is 1.43 bits per heavy atom. The van der Waals surface area contributed by atoms with Crippen LogP contribution in [0.15, 0.2) is 42.0 Å². The zero-order valence-corrected chi connectivity index (χ0v) is 13.1. The maximum absolute atomic E-state index is 5.32. The van der Waals surface area contributed by atoms with Crippen LogP contribution in [0.4, 0.5) is 0 Å². The Hall–Kier alpha value is -1.85. The summed E-state index contributed by atoms with van der Waals surface area (Å²) in [6, 6.07) is 8.47. The van der Waals surface area contributed by atoms with E-state index in [-0.39, 0.29) is 6.04 Å². The van der Waals surface area contributed by atoms with Crippen molar-refractivity contribution in [3.8, 4) is 5.75 Å². The van der Waals surface area contributed by atoms with Crippen LogP contribution in [0, 0.1) is 0 Å². The molecule has 4 nitrogen and oxygen atoms in total. The number of ether oxygens (including phenoxy) is 1. The molecule has 1 N–H and O–H groups in total. The molecule has 0 radical (unpaired) electrons. The van der Waals surface area contributed by atoms with E-state index >= 15 is 0 Å². The molecule has 2 heterocycles. The molecule has 21 heavy (non-hydrogen) atoms. The number of nitrogens with one attached hydrogen (secondary N) is 1. The molecule has 0 amide bonds. The molecule has 0 bridgehead atoms. The van der Waals surface area contributed by atoms with Gasteiger partial charge in [0.1, 0.15) is 5.75 Å². The first-order valence-corrected chi connectivity index (χ1v) is 7.96. The Morgan fingerprint density at radius 3 is 3.10 bits per heavy atom. The van der Waals surface area contributed by atoms with Crippen LogP contribution in [0.2, 0.25) is 0 Å². The highest BCUT2D eigenvalue weighted by molar-refractivity contribution is 7.15. The standard InChI is InChI=1S/C16H19N3OS/c1-3-17-15(12-5-4-6-14(9-12)20-2)10-13-11-19-7-8-21-16(19)18-13/h4-9,11,15,17H,3,10H2,1-2H3. The van der Waals surface area contributed by atoms with Gasteiger partial charge in [0, 0.05) is 30.2 Å². The van der Waals surface area contributed by atoms with Crippen molar-refractivity contribution in [2.75, 3.05) is 13.7 Å². The highest BCUT2D eigenvalue weighted by Gasteiger charge is 2.14. The lowest BCUT2D eigenvalue weighted by Crippen LogP contribution is -2.23. The highest BCUT2D eigenvalue weighted by Crippen LogP contribution is 2.23. The monoisotopic (exact) mass is 301 g/mol. The summed E-state index contributed by atoms with van der Waals surface area (Å²) in [6.07, 6.45) is 5.02. The van der Waals surface area contributed by atoms with E-state index in [2.05, 4.69) is 45.3 Å². The Kier molecular flexibility index (Phi) is 4.22. The van der Waals surface area contributed by atoms with Crippen molar-refractivity contribution in [3.63, 3.8) is 0 Å². The minimum Gasteiger partial charge on any atom is -0.497 e. The predicted octanol–water partition coefficient (Wildman–Crippen LogP) is 3.30. The smallest absolute Gasteiger partial charge is 0.193 e. The van der Waals surface area contributed by atoms with E-state index in [1.165, 1.54) is 5.56 Å². The van der Waals surface area contributed by atoms with E-state index in [1.807, 2.05) is 18.3 Å². The zero-order chi connectivity index (χ0) is 14.7. The van der Waals surface area contributed by atoms with Crippen LogP contribution in [0.3, 0.4) is 0 Å². The van der Waals surface area contributed by atoms with Crippen molar-refractivity contribution in [3.05, 3.63) is 53.3 Å². The second-order valence-corrected chi connectivity index (χ2v) is 5.79. The lowest BCUT2D eigenvalue weighted by Gasteiger charge is -2.18. The molecule has 1 aromatic carbocycles. The Morgan fingerprint density at radius 2 is 2.33 bits per heavy atom. The van der Waals surface area contributed by atoms with Gasteiger partial charge in [0.15, 0.2) is 4.96 Å². The Labute approximate surface area is 128 Å². The van der Waals surface area contributed by atoms with Gasteiger partial charge in [-0.2, -0.15) is 0 Å². The Bertz CT molecular complexity index is 690. The third kappa shape index (κ3) is 3.09. The zero-order valence-electron chi connectivity index (χ0n) is 12.2. The third-order valence-electron chi connectivity index (χ3n) is 3.50. The summed E-state index contributed by atoms with van der Waals surface area (Å²) in [5.74, 6) is 0.890. The van der Waals surface area contributed by atoms with E-state index in [4.69, 9.17) is 4.74 Å². The van der Waals surface area contributed by atoms with Gasteiger partial charge in [-0.1, -0.05) is 19.1 Å². The molecule has 3 aromatic rings. The van der Waals surface area contributed by atoms with Gasteiger partial charge in [-0.25, -0.2) is 4.98 Å². The number of hydrogen-bond donors (Lipinski definition) is 1. The summed E-state index contributed by atoms with van der Waals surface area (Å²) in [6.45, 7) is 3.04. The molecular weight excluding hydrogens is 282 g/mol. The van der Waals surface area contributed by atoms with Crippen LogP contribution in [0.5, 0.6) is 5.75 Å². The molecular formula is C16H19N3OS. The molecule has 2 aromatic heterocycles. The summed E-state index contributed by atoms with van der Waals surface area (Å²) in [4.78, 5) is 5.72. The number of fused-ring (bicyclic) bond motifs is 1. The van der Waals surface area contributed by atoms with Gasteiger partial charge >= 0.3 is 0 Å². The van der Waals surface area contributed by atoms with E-state index in [0.29, 0.717) is 0 Å². The molecule has 0 aliphatic rings. The van der Waals surface area contributed by atoms with E-state index in [9.17, 15) is 0 Å². The van der Waals surface area contributed by atoms with Gasteiger partial charge in [-0.3, -0.25) is 4.40 Å². The van der Waals surface area contributed by atoms with Gasteiger partial charge in [-0.15, -0.1) is 11.3 Å². The highest BCUT2D eigenvalue weighted by atomic mass is 32.1. The van der Waals surface area contributed by atoms with Crippen molar-refractivity contribution in [2.45, 2.75) is 19.4 Å². The molecule has 0 aliphatic carbocycles. The number of aromatic nitrogens is 2. The number of hydrogen-bond acceptors (Lipinski definition) is 4. The topological polar surface area (TPSA) is 38.6 Å².